The maximum Gasteiger partial charge on any atom is 0.305 e. The van der Waals surface area contributed by atoms with E-state index in [0.717, 1.165) is 38.8 Å². The maximum absolute atomic E-state index is 11.2. The summed E-state index contributed by atoms with van der Waals surface area (Å²) in [6, 6.07) is 0.550. The van der Waals surface area contributed by atoms with E-state index in [1.54, 1.807) is 0 Å². The van der Waals surface area contributed by atoms with E-state index in [1.807, 2.05) is 13.8 Å². The summed E-state index contributed by atoms with van der Waals surface area (Å²) in [7, 11) is 0. The minimum absolute atomic E-state index is 0.0718. The van der Waals surface area contributed by atoms with Gasteiger partial charge in [-0.3, -0.25) is 4.79 Å². The van der Waals surface area contributed by atoms with Crippen molar-refractivity contribution >= 4 is 5.97 Å². The van der Waals surface area contributed by atoms with E-state index >= 15 is 0 Å². The number of aliphatic hydroxyl groups excluding tert-OH is 1. The van der Waals surface area contributed by atoms with Crippen LogP contribution in [0.2, 0.25) is 0 Å². The number of piperidine rings is 1. The van der Waals surface area contributed by atoms with Gasteiger partial charge in [-0.15, -0.1) is 0 Å². The van der Waals surface area contributed by atoms with Gasteiger partial charge < -0.3 is 14.7 Å². The molecule has 1 rings (SSSR count). The third-order valence-corrected chi connectivity index (χ3v) is 3.99. The predicted molar refractivity (Wildman–Crippen MR) is 80.6 cm³/mol. The van der Waals surface area contributed by atoms with Crippen LogP contribution in [0.15, 0.2) is 0 Å². The van der Waals surface area contributed by atoms with E-state index in [-0.39, 0.29) is 12.1 Å². The van der Waals surface area contributed by atoms with Crippen LogP contribution in [0.3, 0.4) is 0 Å². The first kappa shape index (κ1) is 17.4. The van der Waals surface area contributed by atoms with Crippen molar-refractivity contribution in [3.8, 4) is 0 Å². The third-order valence-electron chi connectivity index (χ3n) is 3.99. The molecule has 0 aromatic carbocycles. The topological polar surface area (TPSA) is 49.8 Å². The minimum Gasteiger partial charge on any atom is -0.466 e. The van der Waals surface area contributed by atoms with Gasteiger partial charge in [-0.1, -0.05) is 12.8 Å². The molecular weight excluding hydrogens is 254 g/mol. The van der Waals surface area contributed by atoms with Gasteiger partial charge in [0.25, 0.3) is 0 Å². The lowest BCUT2D eigenvalue weighted by Crippen LogP contribution is -2.41. The smallest absolute Gasteiger partial charge is 0.305 e. The molecule has 0 aliphatic carbocycles. The van der Waals surface area contributed by atoms with Crippen LogP contribution in [-0.2, 0) is 9.53 Å². The van der Waals surface area contributed by atoms with Crippen LogP contribution in [0.1, 0.15) is 65.2 Å². The SMILES string of the molecule is CCOC(=O)CCCCCN1CCCCC1CC(C)O. The Morgan fingerprint density at radius 2 is 2.15 bits per heavy atom. The number of ether oxygens (including phenoxy) is 1. The van der Waals surface area contributed by atoms with Crippen LogP contribution in [0.25, 0.3) is 0 Å². The molecule has 1 heterocycles. The van der Waals surface area contributed by atoms with Crippen molar-refractivity contribution in [3.63, 3.8) is 0 Å². The summed E-state index contributed by atoms with van der Waals surface area (Å²) in [5.74, 6) is -0.0718. The number of hydrogen-bond acceptors (Lipinski definition) is 4. The summed E-state index contributed by atoms with van der Waals surface area (Å²) in [5, 5.41) is 9.57. The number of aliphatic hydroxyl groups is 1. The van der Waals surface area contributed by atoms with Crippen molar-refractivity contribution in [1.82, 2.24) is 4.90 Å². The standard InChI is InChI=1S/C16H31NO3/c1-3-20-16(19)10-5-4-7-11-17-12-8-6-9-15(17)13-14(2)18/h14-15,18H,3-13H2,1-2H3. The Labute approximate surface area is 123 Å². The summed E-state index contributed by atoms with van der Waals surface area (Å²) in [5.41, 5.74) is 0. The molecular formula is C16H31NO3. The van der Waals surface area contributed by atoms with E-state index in [1.165, 1.54) is 19.3 Å². The zero-order valence-electron chi connectivity index (χ0n) is 13.1. The molecule has 0 aromatic rings. The monoisotopic (exact) mass is 285 g/mol. The molecule has 0 amide bonds. The van der Waals surface area contributed by atoms with Crippen molar-refractivity contribution in [2.24, 2.45) is 0 Å². The summed E-state index contributed by atoms with van der Waals surface area (Å²) in [4.78, 5) is 13.7. The summed E-state index contributed by atoms with van der Waals surface area (Å²) < 4.78 is 4.92. The molecule has 0 spiro atoms. The molecule has 0 radical (unpaired) electrons. The van der Waals surface area contributed by atoms with Crippen molar-refractivity contribution in [2.75, 3.05) is 19.7 Å². The molecule has 2 unspecified atom stereocenters. The molecule has 1 saturated heterocycles. The normalized spacial score (nSPS) is 21.6. The quantitative estimate of drug-likeness (QED) is 0.523. The van der Waals surface area contributed by atoms with Crippen LogP contribution >= 0.6 is 0 Å². The van der Waals surface area contributed by atoms with Gasteiger partial charge in [0.05, 0.1) is 12.7 Å². The highest BCUT2D eigenvalue weighted by Gasteiger charge is 2.22. The largest absolute Gasteiger partial charge is 0.466 e. The molecule has 1 fully saturated rings. The van der Waals surface area contributed by atoms with Crippen LogP contribution in [0.4, 0.5) is 0 Å². The first-order valence-electron chi connectivity index (χ1n) is 8.21. The Morgan fingerprint density at radius 3 is 2.85 bits per heavy atom. The van der Waals surface area contributed by atoms with Gasteiger partial charge >= 0.3 is 5.97 Å². The maximum atomic E-state index is 11.2. The number of esters is 1. The first-order chi connectivity index (χ1) is 9.63. The van der Waals surface area contributed by atoms with Gasteiger partial charge in [-0.05, 0) is 59.0 Å². The predicted octanol–water partition coefficient (Wildman–Crippen LogP) is 2.74. The van der Waals surface area contributed by atoms with E-state index in [0.29, 0.717) is 19.1 Å². The number of likely N-dealkylation sites (tertiary alicyclic amines) is 1. The van der Waals surface area contributed by atoms with Crippen molar-refractivity contribution in [3.05, 3.63) is 0 Å². The molecule has 1 aliphatic rings. The zero-order chi connectivity index (χ0) is 14.8. The highest BCUT2D eigenvalue weighted by atomic mass is 16.5. The molecule has 20 heavy (non-hydrogen) atoms. The lowest BCUT2D eigenvalue weighted by Gasteiger charge is -2.36. The highest BCUT2D eigenvalue weighted by molar-refractivity contribution is 5.69. The van der Waals surface area contributed by atoms with E-state index in [2.05, 4.69) is 4.90 Å². The van der Waals surface area contributed by atoms with Crippen LogP contribution in [-0.4, -0.2) is 47.8 Å². The average molecular weight is 285 g/mol. The number of rotatable bonds is 9. The van der Waals surface area contributed by atoms with Gasteiger partial charge in [0.1, 0.15) is 0 Å². The minimum atomic E-state index is -0.204. The molecule has 0 aromatic heterocycles. The van der Waals surface area contributed by atoms with Crippen molar-refractivity contribution in [2.45, 2.75) is 77.4 Å². The zero-order valence-corrected chi connectivity index (χ0v) is 13.1. The van der Waals surface area contributed by atoms with Crippen LogP contribution in [0, 0.1) is 0 Å². The fourth-order valence-corrected chi connectivity index (χ4v) is 3.01. The molecule has 2 atom stereocenters. The molecule has 118 valence electrons. The van der Waals surface area contributed by atoms with Crippen LogP contribution < -0.4 is 0 Å². The fraction of sp³-hybridized carbons (Fsp3) is 0.938. The van der Waals surface area contributed by atoms with Gasteiger partial charge in [0.2, 0.25) is 0 Å². The van der Waals surface area contributed by atoms with Gasteiger partial charge in [0, 0.05) is 12.5 Å². The van der Waals surface area contributed by atoms with E-state index in [9.17, 15) is 9.90 Å². The second kappa shape index (κ2) is 10.2. The van der Waals surface area contributed by atoms with Crippen LogP contribution in [0.5, 0.6) is 0 Å². The van der Waals surface area contributed by atoms with Gasteiger partial charge in [0.15, 0.2) is 0 Å². The number of nitrogens with zero attached hydrogens (tertiary/aromatic N) is 1. The Balaban J connectivity index is 2.14. The van der Waals surface area contributed by atoms with E-state index < -0.39 is 0 Å². The highest BCUT2D eigenvalue weighted by Crippen LogP contribution is 2.21. The van der Waals surface area contributed by atoms with Crippen molar-refractivity contribution < 1.29 is 14.6 Å². The molecule has 0 saturated carbocycles. The Bertz CT molecular complexity index is 268. The number of carbonyl (C=O) groups excluding carboxylic acids is 1. The second-order valence-electron chi connectivity index (χ2n) is 5.89. The first-order valence-corrected chi connectivity index (χ1v) is 8.21. The van der Waals surface area contributed by atoms with Gasteiger partial charge in [-0.25, -0.2) is 0 Å². The second-order valence-corrected chi connectivity index (χ2v) is 5.89. The lowest BCUT2D eigenvalue weighted by atomic mass is 9.97. The molecule has 0 bridgehead atoms. The van der Waals surface area contributed by atoms with E-state index in [4.69, 9.17) is 4.74 Å². The van der Waals surface area contributed by atoms with Crippen molar-refractivity contribution in [1.29, 1.82) is 0 Å². The number of unbranched alkanes of at least 4 members (excludes halogenated alkanes) is 2. The summed E-state index contributed by atoms with van der Waals surface area (Å²) in [6.45, 7) is 6.46. The van der Waals surface area contributed by atoms with Gasteiger partial charge in [-0.2, -0.15) is 0 Å². The molecule has 1 aliphatic heterocycles. The Kier molecular flexibility index (Phi) is 8.86. The fourth-order valence-electron chi connectivity index (χ4n) is 3.01. The number of hydrogen-bond donors (Lipinski definition) is 1. The summed E-state index contributed by atoms with van der Waals surface area (Å²) >= 11 is 0. The Morgan fingerprint density at radius 1 is 1.35 bits per heavy atom. The number of carbonyl (C=O) groups is 1. The Hall–Kier alpha value is -0.610. The molecule has 4 heteroatoms. The average Bonchev–Trinajstić information content (AvgIpc) is 2.40. The molecule has 4 nitrogen and oxygen atoms in total. The third kappa shape index (κ3) is 7.25. The molecule has 1 N–H and O–H groups in total. The lowest BCUT2D eigenvalue weighted by molar-refractivity contribution is -0.143. The summed E-state index contributed by atoms with van der Waals surface area (Å²) in [6.07, 6.45) is 8.15.